The lowest BCUT2D eigenvalue weighted by molar-refractivity contribution is -0.0379. The fourth-order valence-corrected chi connectivity index (χ4v) is 6.03. The van der Waals surface area contributed by atoms with E-state index in [4.69, 9.17) is 9.72 Å². The van der Waals surface area contributed by atoms with E-state index in [0.717, 1.165) is 32.1 Å². The van der Waals surface area contributed by atoms with Crippen molar-refractivity contribution < 1.29 is 9.13 Å². The highest BCUT2D eigenvalue weighted by molar-refractivity contribution is 7.98. The molecule has 0 atom stereocenters. The van der Waals surface area contributed by atoms with Gasteiger partial charge in [-0.25, -0.2) is 9.37 Å². The van der Waals surface area contributed by atoms with Gasteiger partial charge in [-0.3, -0.25) is 9.36 Å². The highest BCUT2D eigenvalue weighted by Gasteiger charge is 2.31. The minimum Gasteiger partial charge on any atom is -0.370 e. The molecule has 164 valence electrons. The molecule has 7 heteroatoms. The second-order valence-corrected chi connectivity index (χ2v) is 10.7. The molecule has 4 aromatic rings. The van der Waals surface area contributed by atoms with Crippen molar-refractivity contribution in [2.45, 2.75) is 50.3 Å². The van der Waals surface area contributed by atoms with Gasteiger partial charge in [0.25, 0.3) is 5.56 Å². The highest BCUT2D eigenvalue weighted by Crippen LogP contribution is 2.38. The first-order valence-corrected chi connectivity index (χ1v) is 12.3. The molecule has 3 heterocycles. The van der Waals surface area contributed by atoms with Gasteiger partial charge in [0, 0.05) is 17.1 Å². The van der Waals surface area contributed by atoms with Crippen molar-refractivity contribution in [3.8, 4) is 5.69 Å². The molecular formula is C25H23FN2O2S2. The van der Waals surface area contributed by atoms with E-state index < -0.39 is 0 Å². The summed E-state index contributed by atoms with van der Waals surface area (Å²) >= 11 is 3.03. The summed E-state index contributed by atoms with van der Waals surface area (Å²) in [6.07, 6.45) is 0.690. The van der Waals surface area contributed by atoms with E-state index >= 15 is 0 Å². The number of fused-ring (bicyclic) bond motifs is 3. The average Bonchev–Trinajstić information content (AvgIpc) is 3.11. The predicted molar refractivity (Wildman–Crippen MR) is 128 cm³/mol. The van der Waals surface area contributed by atoms with Gasteiger partial charge in [0.2, 0.25) is 0 Å². The Labute approximate surface area is 194 Å². The topological polar surface area (TPSA) is 44.1 Å². The smallest absolute Gasteiger partial charge is 0.267 e. The summed E-state index contributed by atoms with van der Waals surface area (Å²) in [7, 11) is 0. The monoisotopic (exact) mass is 466 g/mol. The van der Waals surface area contributed by atoms with Crippen LogP contribution in [0.25, 0.3) is 15.9 Å². The van der Waals surface area contributed by atoms with Crippen LogP contribution < -0.4 is 5.56 Å². The Balaban J connectivity index is 1.66. The van der Waals surface area contributed by atoms with Crippen LogP contribution in [0.5, 0.6) is 0 Å². The van der Waals surface area contributed by atoms with E-state index in [1.165, 1.54) is 23.9 Å². The van der Waals surface area contributed by atoms with Crippen LogP contribution in [0.2, 0.25) is 0 Å². The Hall–Kier alpha value is -2.48. The molecule has 0 N–H and O–H groups in total. The van der Waals surface area contributed by atoms with E-state index in [1.807, 2.05) is 31.2 Å². The van der Waals surface area contributed by atoms with Crippen LogP contribution in [-0.2, 0) is 23.5 Å². The third-order valence-corrected chi connectivity index (χ3v) is 7.76. The van der Waals surface area contributed by atoms with E-state index in [9.17, 15) is 9.18 Å². The molecule has 0 spiro atoms. The Morgan fingerprint density at radius 1 is 1.16 bits per heavy atom. The van der Waals surface area contributed by atoms with Crippen LogP contribution in [-0.4, -0.2) is 15.2 Å². The quantitative estimate of drug-likeness (QED) is 0.272. The molecule has 5 rings (SSSR count). The number of ether oxygens (including phenoxy) is 1. The molecular weight excluding hydrogens is 443 g/mol. The average molecular weight is 467 g/mol. The number of aryl methyl sites for hydroxylation is 1. The highest BCUT2D eigenvalue weighted by atomic mass is 32.2. The largest absolute Gasteiger partial charge is 0.370 e. The van der Waals surface area contributed by atoms with Gasteiger partial charge < -0.3 is 4.74 Å². The van der Waals surface area contributed by atoms with Crippen molar-refractivity contribution in [3.63, 3.8) is 0 Å². The number of hydrogen-bond donors (Lipinski definition) is 0. The van der Waals surface area contributed by atoms with Gasteiger partial charge in [0.15, 0.2) is 5.16 Å². The van der Waals surface area contributed by atoms with E-state index in [2.05, 4.69) is 13.8 Å². The normalized spacial score (nSPS) is 15.1. The molecule has 0 aliphatic carbocycles. The molecule has 0 fully saturated rings. The summed E-state index contributed by atoms with van der Waals surface area (Å²) in [6, 6.07) is 14.3. The van der Waals surface area contributed by atoms with E-state index in [-0.39, 0.29) is 17.0 Å². The van der Waals surface area contributed by atoms with Gasteiger partial charge in [0.05, 0.1) is 23.3 Å². The van der Waals surface area contributed by atoms with Crippen LogP contribution >= 0.6 is 23.1 Å². The number of aromatic nitrogens is 2. The predicted octanol–water partition coefficient (Wildman–Crippen LogP) is 6.04. The fraction of sp³-hybridized carbons (Fsp3) is 0.280. The zero-order chi connectivity index (χ0) is 22.5. The summed E-state index contributed by atoms with van der Waals surface area (Å²) in [6.45, 7) is 6.64. The number of hydrogen-bond acceptors (Lipinski definition) is 5. The summed E-state index contributed by atoms with van der Waals surface area (Å²) in [5, 5.41) is 1.34. The molecule has 0 radical (unpaired) electrons. The second kappa shape index (κ2) is 8.14. The van der Waals surface area contributed by atoms with Gasteiger partial charge in [-0.05, 0) is 56.2 Å². The minimum atomic E-state index is -0.307. The second-order valence-electron chi connectivity index (χ2n) is 8.69. The van der Waals surface area contributed by atoms with Crippen molar-refractivity contribution in [2.75, 3.05) is 0 Å². The molecule has 32 heavy (non-hydrogen) atoms. The van der Waals surface area contributed by atoms with Gasteiger partial charge in [0.1, 0.15) is 10.6 Å². The number of nitrogens with zero attached hydrogens (tertiary/aromatic N) is 2. The number of thioether (sulfide) groups is 1. The SMILES string of the molecule is Cc1ccc(-n2c(SCc3ccc(F)cc3)nc3sc4c(c3c2=O)CC(C)(C)OC4)cc1. The lowest BCUT2D eigenvalue weighted by atomic mass is 9.94. The van der Waals surface area contributed by atoms with Crippen LogP contribution in [0.3, 0.4) is 0 Å². The molecule has 4 nitrogen and oxygen atoms in total. The van der Waals surface area contributed by atoms with Crippen molar-refractivity contribution in [3.05, 3.63) is 86.3 Å². The number of rotatable bonds is 4. The zero-order valence-electron chi connectivity index (χ0n) is 18.1. The Bertz CT molecular complexity index is 1360. The van der Waals surface area contributed by atoms with Crippen LogP contribution in [0, 0.1) is 12.7 Å². The molecule has 0 bridgehead atoms. The van der Waals surface area contributed by atoms with Crippen LogP contribution in [0.1, 0.15) is 35.4 Å². The third-order valence-electron chi connectivity index (χ3n) is 5.65. The summed E-state index contributed by atoms with van der Waals surface area (Å²) in [4.78, 5) is 20.6. The van der Waals surface area contributed by atoms with Gasteiger partial charge in [-0.2, -0.15) is 0 Å². The lowest BCUT2D eigenvalue weighted by Gasteiger charge is -2.29. The molecule has 2 aromatic carbocycles. The molecule has 0 saturated carbocycles. The first-order valence-electron chi connectivity index (χ1n) is 10.5. The minimum absolute atomic E-state index is 0.0457. The van der Waals surface area contributed by atoms with Gasteiger partial charge in [-0.1, -0.05) is 41.6 Å². The van der Waals surface area contributed by atoms with Gasteiger partial charge in [-0.15, -0.1) is 11.3 Å². The Kier molecular flexibility index (Phi) is 5.43. The maximum Gasteiger partial charge on any atom is 0.267 e. The Morgan fingerprint density at radius 2 is 1.88 bits per heavy atom. The Morgan fingerprint density at radius 3 is 2.59 bits per heavy atom. The van der Waals surface area contributed by atoms with Crippen molar-refractivity contribution in [1.29, 1.82) is 0 Å². The van der Waals surface area contributed by atoms with E-state index in [1.54, 1.807) is 28.0 Å². The van der Waals surface area contributed by atoms with Crippen LogP contribution in [0.4, 0.5) is 4.39 Å². The maximum atomic E-state index is 13.9. The summed E-state index contributed by atoms with van der Waals surface area (Å²) in [5.41, 5.74) is 3.61. The maximum absolute atomic E-state index is 13.9. The molecule has 2 aromatic heterocycles. The summed E-state index contributed by atoms with van der Waals surface area (Å²) in [5.74, 6) is 0.329. The molecule has 1 aliphatic rings. The first kappa shape index (κ1) is 21.4. The van der Waals surface area contributed by atoms with Gasteiger partial charge >= 0.3 is 0 Å². The van der Waals surface area contributed by atoms with Crippen molar-refractivity contribution >= 4 is 33.3 Å². The number of benzene rings is 2. The zero-order valence-corrected chi connectivity index (χ0v) is 19.8. The molecule has 0 saturated heterocycles. The molecule has 0 unspecified atom stereocenters. The fourth-order valence-electron chi connectivity index (χ4n) is 3.92. The standard InChI is InChI=1S/C25H23FN2O2S2/c1-15-4-10-18(11-5-15)28-23(29)21-19-12-25(2,3)30-13-20(19)32-22(21)27-24(28)31-14-16-6-8-17(26)9-7-16/h4-11H,12-14H2,1-3H3. The van der Waals surface area contributed by atoms with Crippen molar-refractivity contribution in [2.24, 2.45) is 0 Å². The molecule has 1 aliphatic heterocycles. The summed E-state index contributed by atoms with van der Waals surface area (Å²) < 4.78 is 21.0. The third kappa shape index (κ3) is 4.00. The number of thiophene rings is 1. The van der Waals surface area contributed by atoms with Crippen molar-refractivity contribution in [1.82, 2.24) is 9.55 Å². The van der Waals surface area contributed by atoms with Crippen LogP contribution in [0.15, 0.2) is 58.5 Å². The van der Waals surface area contributed by atoms with E-state index in [0.29, 0.717) is 29.3 Å². The molecule has 0 amide bonds. The number of halogens is 1. The lowest BCUT2D eigenvalue weighted by Crippen LogP contribution is -2.32. The first-order chi connectivity index (χ1) is 15.3.